The van der Waals surface area contributed by atoms with E-state index in [1.807, 2.05) is 0 Å². The molecule has 0 heterocycles. The minimum Gasteiger partial charge on any atom is -0.449 e. The zero-order valence-corrected chi connectivity index (χ0v) is 14.9. The fourth-order valence-electron chi connectivity index (χ4n) is 2.27. The fourth-order valence-corrected chi connectivity index (χ4v) is 2.27. The van der Waals surface area contributed by atoms with Crippen LogP contribution in [-0.2, 0) is 15.7 Å². The summed E-state index contributed by atoms with van der Waals surface area (Å²) in [6.07, 6.45) is -5.65. The van der Waals surface area contributed by atoms with Crippen LogP contribution in [-0.4, -0.2) is 36.2 Å². The summed E-state index contributed by atoms with van der Waals surface area (Å²) in [6.45, 7) is 1.45. The number of halogens is 3. The van der Waals surface area contributed by atoms with Crippen molar-refractivity contribution in [2.45, 2.75) is 19.2 Å². The Hall–Kier alpha value is -3.07. The Bertz CT molecular complexity index is 823. The predicted octanol–water partition coefficient (Wildman–Crippen LogP) is 3.29. The van der Waals surface area contributed by atoms with Gasteiger partial charge >= 0.3 is 12.1 Å². The lowest BCUT2D eigenvalue weighted by molar-refractivity contribution is -0.137. The highest BCUT2D eigenvalue weighted by Crippen LogP contribution is 2.29. The van der Waals surface area contributed by atoms with Crippen molar-refractivity contribution in [2.75, 3.05) is 23.8 Å². The van der Waals surface area contributed by atoms with Gasteiger partial charge < -0.3 is 20.5 Å². The maximum Gasteiger partial charge on any atom is 0.416 e. The van der Waals surface area contributed by atoms with Gasteiger partial charge in [0.05, 0.1) is 17.7 Å². The molecular formula is C19H19F3N2O4. The summed E-state index contributed by atoms with van der Waals surface area (Å²) < 4.78 is 42.8. The molecule has 2 rings (SSSR count). The molecule has 0 radical (unpaired) electrons. The van der Waals surface area contributed by atoms with Crippen LogP contribution in [0.2, 0.25) is 0 Å². The normalized spacial score (nSPS) is 12.2. The number of alkyl halides is 3. The number of nitrogens with one attached hydrogen (secondary N) is 2. The molecule has 2 aromatic carbocycles. The van der Waals surface area contributed by atoms with Crippen molar-refractivity contribution >= 4 is 23.3 Å². The number of hydrogen-bond acceptors (Lipinski definition) is 5. The largest absolute Gasteiger partial charge is 0.449 e. The van der Waals surface area contributed by atoms with E-state index < -0.39 is 29.7 Å². The number of esters is 1. The van der Waals surface area contributed by atoms with E-state index in [9.17, 15) is 22.8 Å². The third-order valence-electron chi connectivity index (χ3n) is 3.71. The lowest BCUT2D eigenvalue weighted by atomic mass is 10.1. The summed E-state index contributed by atoms with van der Waals surface area (Å²) >= 11 is 0. The van der Waals surface area contributed by atoms with E-state index in [2.05, 4.69) is 10.6 Å². The van der Waals surface area contributed by atoms with E-state index >= 15 is 0 Å². The van der Waals surface area contributed by atoms with Crippen LogP contribution in [0.4, 0.5) is 24.5 Å². The van der Waals surface area contributed by atoms with Crippen molar-refractivity contribution in [1.82, 2.24) is 0 Å². The molecule has 6 nitrogen and oxygen atoms in total. The molecule has 3 N–H and O–H groups in total. The molecule has 0 saturated heterocycles. The molecule has 2 aromatic rings. The van der Waals surface area contributed by atoms with Crippen LogP contribution in [0.5, 0.6) is 0 Å². The Morgan fingerprint density at radius 3 is 2.36 bits per heavy atom. The van der Waals surface area contributed by atoms with Crippen LogP contribution in [0, 0.1) is 0 Å². The van der Waals surface area contributed by atoms with Gasteiger partial charge in [-0.2, -0.15) is 13.2 Å². The Labute approximate surface area is 159 Å². The van der Waals surface area contributed by atoms with Gasteiger partial charge in [0, 0.05) is 17.9 Å². The summed E-state index contributed by atoms with van der Waals surface area (Å²) in [5, 5.41) is 14.1. The Morgan fingerprint density at radius 2 is 1.75 bits per heavy atom. The molecule has 28 heavy (non-hydrogen) atoms. The molecule has 0 unspecified atom stereocenters. The average molecular weight is 396 g/mol. The smallest absolute Gasteiger partial charge is 0.416 e. The van der Waals surface area contributed by atoms with Crippen LogP contribution < -0.4 is 10.6 Å². The van der Waals surface area contributed by atoms with Crippen molar-refractivity contribution in [3.63, 3.8) is 0 Å². The molecule has 0 aliphatic rings. The highest BCUT2D eigenvalue weighted by Gasteiger charge is 2.30. The van der Waals surface area contributed by atoms with Crippen LogP contribution >= 0.6 is 0 Å². The summed E-state index contributed by atoms with van der Waals surface area (Å²) in [7, 11) is 0. The number of carbonyl (C=O) groups is 2. The number of aliphatic hydroxyl groups excluding tert-OH is 1. The number of hydrogen-bond donors (Lipinski definition) is 3. The van der Waals surface area contributed by atoms with Crippen molar-refractivity contribution in [2.24, 2.45) is 0 Å². The topological polar surface area (TPSA) is 87.7 Å². The number of rotatable bonds is 7. The van der Waals surface area contributed by atoms with Crippen molar-refractivity contribution < 1.29 is 32.6 Å². The standard InChI is InChI=1S/C19H19F3N2O4/c1-12(17(26)24-14-8-6-13(7-9-14)19(20,21)22)28-18(27)15-4-2-3-5-16(15)23-10-11-25/h2-9,12,23,25H,10-11H2,1H3,(H,24,26)/t12-/m1/s1. The first kappa shape index (κ1) is 21.2. The van der Waals surface area contributed by atoms with Crippen LogP contribution in [0.3, 0.4) is 0 Å². The average Bonchev–Trinajstić information content (AvgIpc) is 2.66. The van der Waals surface area contributed by atoms with Gasteiger partial charge in [-0.05, 0) is 43.3 Å². The third kappa shape index (κ3) is 5.71. The lowest BCUT2D eigenvalue weighted by Crippen LogP contribution is -2.30. The van der Waals surface area contributed by atoms with Gasteiger partial charge in [-0.25, -0.2) is 4.79 Å². The highest BCUT2D eigenvalue weighted by molar-refractivity contribution is 5.99. The number of benzene rings is 2. The molecule has 0 spiro atoms. The second-order valence-corrected chi connectivity index (χ2v) is 5.81. The Kier molecular flexibility index (Phi) is 7.00. The maximum absolute atomic E-state index is 12.6. The number of carbonyl (C=O) groups excluding carboxylic acids is 2. The van der Waals surface area contributed by atoms with Crippen LogP contribution in [0.25, 0.3) is 0 Å². The molecule has 9 heteroatoms. The van der Waals surface area contributed by atoms with Crippen molar-refractivity contribution in [3.8, 4) is 0 Å². The first-order valence-electron chi connectivity index (χ1n) is 8.35. The molecule has 0 aliphatic carbocycles. The molecule has 150 valence electrons. The second kappa shape index (κ2) is 9.23. The second-order valence-electron chi connectivity index (χ2n) is 5.81. The van der Waals surface area contributed by atoms with Gasteiger partial charge in [0.15, 0.2) is 6.10 Å². The van der Waals surface area contributed by atoms with Crippen molar-refractivity contribution in [1.29, 1.82) is 0 Å². The van der Waals surface area contributed by atoms with E-state index in [1.165, 1.54) is 13.0 Å². The zero-order valence-electron chi connectivity index (χ0n) is 14.9. The number of anilines is 2. The Balaban J connectivity index is 1.99. The number of amides is 1. The van der Waals surface area contributed by atoms with E-state index in [1.54, 1.807) is 18.2 Å². The summed E-state index contributed by atoms with van der Waals surface area (Å²) in [6, 6.07) is 10.4. The van der Waals surface area contributed by atoms with E-state index in [4.69, 9.17) is 9.84 Å². The number of ether oxygens (including phenoxy) is 1. The SMILES string of the molecule is C[C@@H](OC(=O)c1ccccc1NCCO)C(=O)Nc1ccc(C(F)(F)F)cc1. The summed E-state index contributed by atoms with van der Waals surface area (Å²) in [5.74, 6) is -1.44. The fraction of sp³-hybridized carbons (Fsp3) is 0.263. The van der Waals surface area contributed by atoms with Gasteiger partial charge in [-0.3, -0.25) is 4.79 Å². The van der Waals surface area contributed by atoms with Crippen molar-refractivity contribution in [3.05, 3.63) is 59.7 Å². The summed E-state index contributed by atoms with van der Waals surface area (Å²) in [4.78, 5) is 24.5. The monoisotopic (exact) mass is 396 g/mol. The molecule has 0 bridgehead atoms. The first-order valence-corrected chi connectivity index (χ1v) is 8.35. The van der Waals surface area contributed by atoms with Crippen LogP contribution in [0.1, 0.15) is 22.8 Å². The van der Waals surface area contributed by atoms with Crippen LogP contribution in [0.15, 0.2) is 48.5 Å². The Morgan fingerprint density at radius 1 is 1.11 bits per heavy atom. The number of para-hydroxylation sites is 1. The van der Waals surface area contributed by atoms with E-state index in [0.29, 0.717) is 5.69 Å². The first-order chi connectivity index (χ1) is 13.2. The van der Waals surface area contributed by atoms with Gasteiger partial charge in [-0.15, -0.1) is 0 Å². The molecule has 1 amide bonds. The molecule has 1 atom stereocenters. The van der Waals surface area contributed by atoms with Gasteiger partial charge in [-0.1, -0.05) is 12.1 Å². The van der Waals surface area contributed by atoms with E-state index in [-0.39, 0.29) is 24.4 Å². The lowest BCUT2D eigenvalue weighted by Gasteiger charge is -2.16. The number of aliphatic hydroxyl groups is 1. The highest BCUT2D eigenvalue weighted by atomic mass is 19.4. The predicted molar refractivity (Wildman–Crippen MR) is 97.0 cm³/mol. The quantitative estimate of drug-likeness (QED) is 0.625. The minimum absolute atomic E-state index is 0.130. The molecule has 0 fully saturated rings. The third-order valence-corrected chi connectivity index (χ3v) is 3.71. The molecular weight excluding hydrogens is 377 g/mol. The van der Waals surface area contributed by atoms with E-state index in [0.717, 1.165) is 24.3 Å². The minimum atomic E-state index is -4.47. The molecule has 0 aliphatic heterocycles. The zero-order chi connectivity index (χ0) is 20.7. The van der Waals surface area contributed by atoms with Gasteiger partial charge in [0.2, 0.25) is 0 Å². The van der Waals surface area contributed by atoms with Gasteiger partial charge in [0.25, 0.3) is 5.91 Å². The molecule has 0 saturated carbocycles. The summed E-state index contributed by atoms with van der Waals surface area (Å²) in [5.41, 5.74) is -0.0649. The molecule has 0 aromatic heterocycles. The van der Waals surface area contributed by atoms with Gasteiger partial charge in [0.1, 0.15) is 0 Å². The maximum atomic E-state index is 12.6.